The Bertz CT molecular complexity index is 722. The minimum atomic E-state index is -0.130. The zero-order valence-corrected chi connectivity index (χ0v) is 15.9. The van der Waals surface area contributed by atoms with E-state index in [2.05, 4.69) is 24.5 Å². The van der Waals surface area contributed by atoms with Crippen LogP contribution in [0.25, 0.3) is 10.8 Å². The summed E-state index contributed by atoms with van der Waals surface area (Å²) in [6.07, 6.45) is 4.85. The van der Waals surface area contributed by atoms with Crippen molar-refractivity contribution in [2.75, 3.05) is 13.1 Å². The molecule has 0 fully saturated rings. The van der Waals surface area contributed by atoms with Crippen molar-refractivity contribution in [3.05, 3.63) is 48.0 Å². The number of carbonyl (C=O) groups is 2. The van der Waals surface area contributed by atoms with Crippen molar-refractivity contribution in [2.24, 2.45) is 5.92 Å². The highest BCUT2D eigenvalue weighted by Crippen LogP contribution is 2.18. The number of unbranched alkanes of at least 4 members (excludes halogenated alkanes) is 1. The van der Waals surface area contributed by atoms with Crippen molar-refractivity contribution in [1.29, 1.82) is 0 Å². The van der Waals surface area contributed by atoms with E-state index in [9.17, 15) is 9.59 Å². The molecule has 4 heteroatoms. The smallest absolute Gasteiger partial charge is 0.239 e. The Morgan fingerprint density at radius 3 is 2.50 bits per heavy atom. The van der Waals surface area contributed by atoms with Crippen molar-refractivity contribution in [1.82, 2.24) is 10.6 Å². The van der Waals surface area contributed by atoms with Crippen LogP contribution in [0.2, 0.25) is 0 Å². The molecule has 0 saturated carbocycles. The van der Waals surface area contributed by atoms with E-state index < -0.39 is 0 Å². The van der Waals surface area contributed by atoms with E-state index in [0.717, 1.165) is 29.2 Å². The summed E-state index contributed by atoms with van der Waals surface area (Å²) < 4.78 is 0. The third kappa shape index (κ3) is 6.17. The van der Waals surface area contributed by atoms with E-state index in [4.69, 9.17) is 0 Å². The molecule has 140 valence electrons. The van der Waals surface area contributed by atoms with Crippen LogP contribution in [0.3, 0.4) is 0 Å². The molecule has 0 saturated heterocycles. The number of carbonyl (C=O) groups excluding carboxylic acids is 2. The quantitative estimate of drug-likeness (QED) is 0.681. The Morgan fingerprint density at radius 1 is 0.962 bits per heavy atom. The van der Waals surface area contributed by atoms with Crippen LogP contribution in [0.1, 0.15) is 45.1 Å². The first kappa shape index (κ1) is 20.0. The number of amides is 2. The van der Waals surface area contributed by atoms with Crippen molar-refractivity contribution in [3.63, 3.8) is 0 Å². The number of fused-ring (bicyclic) bond motifs is 1. The zero-order chi connectivity index (χ0) is 18.8. The third-order valence-corrected chi connectivity index (χ3v) is 4.81. The van der Waals surface area contributed by atoms with Gasteiger partial charge in [-0.05, 0) is 28.7 Å². The van der Waals surface area contributed by atoms with Gasteiger partial charge in [0.05, 0.1) is 13.0 Å². The molecular weight excluding hydrogens is 324 g/mol. The van der Waals surface area contributed by atoms with Crippen LogP contribution in [0.15, 0.2) is 42.5 Å². The van der Waals surface area contributed by atoms with Gasteiger partial charge in [0.25, 0.3) is 0 Å². The lowest BCUT2D eigenvalue weighted by Gasteiger charge is -2.15. The van der Waals surface area contributed by atoms with Gasteiger partial charge in [0, 0.05) is 6.54 Å². The molecule has 26 heavy (non-hydrogen) atoms. The van der Waals surface area contributed by atoms with Crippen LogP contribution >= 0.6 is 0 Å². The van der Waals surface area contributed by atoms with Crippen LogP contribution in [-0.2, 0) is 16.0 Å². The first-order valence-electron chi connectivity index (χ1n) is 9.64. The van der Waals surface area contributed by atoms with E-state index in [0.29, 0.717) is 12.5 Å². The molecule has 1 atom stereocenters. The topological polar surface area (TPSA) is 58.2 Å². The van der Waals surface area contributed by atoms with Crippen molar-refractivity contribution < 1.29 is 9.59 Å². The highest BCUT2D eigenvalue weighted by molar-refractivity contribution is 5.91. The number of hydrogen-bond acceptors (Lipinski definition) is 2. The van der Waals surface area contributed by atoms with Crippen molar-refractivity contribution in [2.45, 2.75) is 46.0 Å². The number of rotatable bonds is 10. The molecule has 0 bridgehead atoms. The third-order valence-electron chi connectivity index (χ3n) is 4.81. The first-order valence-corrected chi connectivity index (χ1v) is 9.64. The maximum absolute atomic E-state index is 12.2. The van der Waals surface area contributed by atoms with Crippen molar-refractivity contribution in [3.8, 4) is 0 Å². The molecule has 2 amide bonds. The molecule has 4 nitrogen and oxygen atoms in total. The lowest BCUT2D eigenvalue weighted by Crippen LogP contribution is -2.39. The van der Waals surface area contributed by atoms with Crippen LogP contribution in [0, 0.1) is 5.92 Å². The Balaban J connectivity index is 1.78. The molecule has 0 heterocycles. The SMILES string of the molecule is CCCCC(CC)CNC(=O)CNC(=O)Cc1cccc2ccccc12. The molecule has 2 N–H and O–H groups in total. The van der Waals surface area contributed by atoms with Crippen LogP contribution in [0.5, 0.6) is 0 Å². The van der Waals surface area contributed by atoms with Crippen molar-refractivity contribution >= 4 is 22.6 Å². The molecule has 1 unspecified atom stereocenters. The molecule has 0 aromatic heterocycles. The molecule has 0 aliphatic carbocycles. The number of benzene rings is 2. The Morgan fingerprint density at radius 2 is 1.73 bits per heavy atom. The maximum atomic E-state index is 12.2. The summed E-state index contributed by atoms with van der Waals surface area (Å²) in [7, 11) is 0. The summed E-state index contributed by atoms with van der Waals surface area (Å²) in [5, 5.41) is 7.87. The predicted octanol–water partition coefficient (Wildman–Crippen LogP) is 3.83. The van der Waals surface area contributed by atoms with Crippen LogP contribution < -0.4 is 10.6 Å². The van der Waals surface area contributed by atoms with Gasteiger partial charge >= 0.3 is 0 Å². The zero-order valence-electron chi connectivity index (χ0n) is 15.9. The van der Waals surface area contributed by atoms with Gasteiger partial charge in [0.15, 0.2) is 0 Å². The highest BCUT2D eigenvalue weighted by Gasteiger charge is 2.11. The summed E-state index contributed by atoms with van der Waals surface area (Å²) in [4.78, 5) is 24.2. The van der Waals surface area contributed by atoms with Crippen LogP contribution in [0.4, 0.5) is 0 Å². The Hall–Kier alpha value is -2.36. The summed E-state index contributed by atoms with van der Waals surface area (Å²) in [5.74, 6) is 0.269. The fourth-order valence-electron chi connectivity index (χ4n) is 3.12. The summed E-state index contributed by atoms with van der Waals surface area (Å²) in [6.45, 7) is 5.05. The summed E-state index contributed by atoms with van der Waals surface area (Å²) in [6, 6.07) is 14.0. The van der Waals surface area contributed by atoms with Gasteiger partial charge in [-0.25, -0.2) is 0 Å². The van der Waals surface area contributed by atoms with Gasteiger partial charge in [-0.1, -0.05) is 75.6 Å². The van der Waals surface area contributed by atoms with Gasteiger partial charge in [-0.3, -0.25) is 9.59 Å². The maximum Gasteiger partial charge on any atom is 0.239 e. The van der Waals surface area contributed by atoms with E-state index >= 15 is 0 Å². The highest BCUT2D eigenvalue weighted by atomic mass is 16.2. The predicted molar refractivity (Wildman–Crippen MR) is 107 cm³/mol. The van der Waals surface area contributed by atoms with Gasteiger partial charge in [0.2, 0.25) is 11.8 Å². The van der Waals surface area contributed by atoms with Crippen LogP contribution in [-0.4, -0.2) is 24.9 Å². The summed E-state index contributed by atoms with van der Waals surface area (Å²) in [5.41, 5.74) is 0.978. The van der Waals surface area contributed by atoms with E-state index in [1.807, 2.05) is 42.5 Å². The second kappa shape index (κ2) is 10.6. The van der Waals surface area contributed by atoms with E-state index in [1.165, 1.54) is 12.8 Å². The van der Waals surface area contributed by atoms with E-state index in [1.54, 1.807) is 0 Å². The second-order valence-electron chi connectivity index (χ2n) is 6.81. The molecule has 0 aliphatic heterocycles. The minimum absolute atomic E-state index is 0.0355. The fraction of sp³-hybridized carbons (Fsp3) is 0.455. The van der Waals surface area contributed by atoms with E-state index in [-0.39, 0.29) is 24.8 Å². The molecule has 0 radical (unpaired) electrons. The normalized spacial score (nSPS) is 11.9. The summed E-state index contributed by atoms with van der Waals surface area (Å²) >= 11 is 0. The molecule has 2 aromatic rings. The fourth-order valence-corrected chi connectivity index (χ4v) is 3.12. The van der Waals surface area contributed by atoms with Gasteiger partial charge < -0.3 is 10.6 Å². The van der Waals surface area contributed by atoms with Gasteiger partial charge in [0.1, 0.15) is 0 Å². The standard InChI is InChI=1S/C22H30N2O2/c1-3-5-9-17(4-2)15-23-22(26)16-24-21(25)14-19-12-8-11-18-10-6-7-13-20(18)19/h6-8,10-13,17H,3-5,9,14-16H2,1-2H3,(H,23,26)(H,24,25). The first-order chi connectivity index (χ1) is 12.6. The molecular formula is C22H30N2O2. The molecule has 0 aliphatic rings. The molecule has 2 rings (SSSR count). The number of hydrogen-bond donors (Lipinski definition) is 2. The lowest BCUT2D eigenvalue weighted by molar-refractivity contribution is -0.125. The molecule has 0 spiro atoms. The second-order valence-corrected chi connectivity index (χ2v) is 6.81. The largest absolute Gasteiger partial charge is 0.354 e. The average molecular weight is 354 g/mol. The Labute approximate surface area is 156 Å². The van der Waals surface area contributed by atoms with Gasteiger partial charge in [-0.2, -0.15) is 0 Å². The van der Waals surface area contributed by atoms with Gasteiger partial charge in [-0.15, -0.1) is 0 Å². The Kier molecular flexibility index (Phi) is 8.13. The monoisotopic (exact) mass is 354 g/mol. The molecule has 2 aromatic carbocycles. The number of nitrogens with one attached hydrogen (secondary N) is 2. The lowest BCUT2D eigenvalue weighted by atomic mass is 9.99. The minimum Gasteiger partial charge on any atom is -0.354 e. The average Bonchev–Trinajstić information content (AvgIpc) is 2.67.